The van der Waals surface area contributed by atoms with Gasteiger partial charge in [0.1, 0.15) is 34.7 Å². The first kappa shape index (κ1) is 71.2. The lowest BCUT2D eigenvalue weighted by Gasteiger charge is -2.19. The van der Waals surface area contributed by atoms with Gasteiger partial charge in [-0.1, -0.05) is 40.9 Å². The summed E-state index contributed by atoms with van der Waals surface area (Å²) in [5.41, 5.74) is -9.50. The van der Waals surface area contributed by atoms with Crippen LogP contribution in [-0.4, -0.2) is 129 Å². The zero-order chi connectivity index (χ0) is 68.0. The molecular weight excluding hydrogens is 1360 g/mol. The molecule has 0 atom stereocenters. The monoisotopic (exact) mass is 1390 g/mol. The first-order chi connectivity index (χ1) is 41.2. The Hall–Kier alpha value is -7.86. The number of fused-ring (bicyclic) bond motifs is 3. The summed E-state index contributed by atoms with van der Waals surface area (Å²) in [6.07, 6.45) is -29.6. The maximum Gasteiger partial charge on any atom is 0.455 e. The topological polar surface area (TPSA) is 254 Å². The van der Waals surface area contributed by atoms with Gasteiger partial charge in [-0.3, -0.25) is 28.4 Å². The van der Waals surface area contributed by atoms with E-state index in [-0.39, 0.29) is 40.5 Å². The molecule has 0 bridgehead atoms. The molecule has 0 aliphatic carbocycles. The van der Waals surface area contributed by atoms with Crippen LogP contribution in [-0.2, 0) is 57.7 Å². The third kappa shape index (κ3) is 15.1. The number of aliphatic hydroxyl groups excluding tert-OH is 1. The second-order valence-electron chi connectivity index (χ2n) is 17.4. The Morgan fingerprint density at radius 2 is 0.722 bits per heavy atom. The number of halogens is 24. The number of alkyl halides is 24. The first-order valence-electron chi connectivity index (χ1n) is 23.5. The molecule has 0 spiro atoms. The molecule has 21 nitrogen and oxygen atoms in total. The number of aromatic nitrogens is 15. The number of nitrogens with one attached hydrogen (secondary N) is 1. The van der Waals surface area contributed by atoms with E-state index < -0.39 is 153 Å². The molecule has 0 amide bonds. The van der Waals surface area contributed by atoms with Gasteiger partial charge >= 0.3 is 54.8 Å². The van der Waals surface area contributed by atoms with E-state index in [1.165, 1.54) is 7.05 Å². The number of nitrogens with zero attached hydrogens (tertiary/aromatic N) is 15. The Kier molecular flexibility index (Phi) is 20.1. The van der Waals surface area contributed by atoms with Gasteiger partial charge in [-0.25, -0.2) is 15.0 Å². The quantitative estimate of drug-likeness (QED) is 0.0911. The van der Waals surface area contributed by atoms with E-state index in [4.69, 9.17) is 5.11 Å². The van der Waals surface area contributed by atoms with Gasteiger partial charge in [0.15, 0.2) is 17.1 Å². The molecule has 9 heterocycles. The van der Waals surface area contributed by atoms with Crippen LogP contribution in [0, 0.1) is 0 Å². The molecule has 0 aliphatic rings. The molecule has 0 fully saturated rings. The van der Waals surface area contributed by atoms with Crippen molar-refractivity contribution in [1.29, 1.82) is 0 Å². The molecule has 9 aromatic rings. The van der Waals surface area contributed by atoms with Crippen LogP contribution >= 0.6 is 34.0 Å². The summed E-state index contributed by atoms with van der Waals surface area (Å²) in [4.78, 5) is 46.6. The second kappa shape index (κ2) is 25.4. The molecule has 0 aliphatic heterocycles. The van der Waals surface area contributed by atoms with Crippen LogP contribution < -0.4 is 27.7 Å². The van der Waals surface area contributed by atoms with Crippen molar-refractivity contribution in [3.8, 4) is 33.4 Å². The molecule has 4 N–H and O–H groups in total. The Morgan fingerprint density at radius 1 is 0.456 bits per heavy atom. The number of aliphatic hydroxyl groups is 1. The van der Waals surface area contributed by atoms with E-state index >= 15 is 0 Å². The van der Waals surface area contributed by atoms with Gasteiger partial charge in [-0.2, -0.15) is 150 Å². The first-order valence-corrected chi connectivity index (χ1v) is 25.9. The van der Waals surface area contributed by atoms with Crippen molar-refractivity contribution in [2.45, 2.75) is 101 Å². The molecule has 0 unspecified atom stereocenters. The summed E-state index contributed by atoms with van der Waals surface area (Å²) in [5, 5.41) is 33.1. The Balaban J connectivity index is 0.000000212. The van der Waals surface area contributed by atoms with E-state index in [0.717, 1.165) is 22.7 Å². The lowest BCUT2D eigenvalue weighted by molar-refractivity contribution is -0.287. The number of rotatable bonds is 13. The highest BCUT2D eigenvalue weighted by Gasteiger charge is 2.60. The number of hydrogen-bond acceptors (Lipinski definition) is 18. The molecule has 48 heteroatoms. The predicted molar refractivity (Wildman–Crippen MR) is 261 cm³/mol. The molecule has 9 rings (SSSR count). The van der Waals surface area contributed by atoms with Crippen LogP contribution in [0.4, 0.5) is 105 Å². The lowest BCUT2D eigenvalue weighted by atomic mass is 10.1. The largest absolute Gasteiger partial charge is 0.455 e. The maximum absolute atomic E-state index is 13.5. The average molecular weight is 1390 g/mol. The molecule has 90 heavy (non-hydrogen) atoms. The van der Waals surface area contributed by atoms with Gasteiger partial charge in [-0.15, -0.1) is 0 Å². The summed E-state index contributed by atoms with van der Waals surface area (Å²) in [5.74, 6) is -15.6. The lowest BCUT2D eigenvalue weighted by Crippen LogP contribution is -2.40. The minimum absolute atomic E-state index is 0.0669. The van der Waals surface area contributed by atoms with E-state index in [0.29, 0.717) is 73.5 Å². The third-order valence-electron chi connectivity index (χ3n) is 11.0. The van der Waals surface area contributed by atoms with Gasteiger partial charge in [0, 0.05) is 41.8 Å². The van der Waals surface area contributed by atoms with Crippen LogP contribution in [0.25, 0.3) is 48.3 Å². The molecule has 0 saturated heterocycles. The summed E-state index contributed by atoms with van der Waals surface area (Å²) < 4.78 is 313. The van der Waals surface area contributed by atoms with Gasteiger partial charge in [0.2, 0.25) is 14.9 Å². The summed E-state index contributed by atoms with van der Waals surface area (Å²) >= 11 is 1.98. The standard InChI is InChI=1S/C14H10F8N6OS.C14H9F8N5OS.C13H7F8N5O2S.CH5N/c1-23-3-7-26-28-10(29)8(9(13(17,18)19)25-11(28)30-7)6-2-24-27(4-6)5-12(15,16)14(20,21)22;1-2-7-25-27-10(28)8(9(13(17,18)19)24-11(27)29-7)6-3-23-26(4-6)5-12(15,16)14(20,21)22;14-11(15,13(19,20)21)4-25-2-5(1-22-25)7-8(12(16,17)18)23-10-26(9(7)28)24-6(3-27)29-10;1-2/h2,4,23H,3,5H2,1H3;3-4H,2,5H2,1H3;1-2,27H,3-4H2;2H2,1H3. The average Bonchev–Trinajstić information content (AvgIpc) is 1.55. The molecule has 0 radical (unpaired) electrons. The van der Waals surface area contributed by atoms with Crippen molar-refractivity contribution >= 4 is 48.9 Å². The highest BCUT2D eigenvalue weighted by atomic mass is 32.1. The SMILES string of the molecule is CCc1nn2c(=O)c(-c3cnn(CC(F)(F)C(F)(F)F)c3)c(C(F)(F)F)nc2s1.CN.CNCc1nn2c(=O)c(-c3cnn(CC(F)(F)C(F)(F)F)c3)c(C(F)(F)F)nc2s1.O=c1c(-c2cnn(CC(F)(F)C(F)(F)F)c2)c(C(F)(F)F)nc2sc(CO)nn12. The van der Waals surface area contributed by atoms with Gasteiger partial charge < -0.3 is 16.2 Å². The summed E-state index contributed by atoms with van der Waals surface area (Å²) in [6.45, 7) is -4.84. The minimum atomic E-state index is -5.91. The van der Waals surface area contributed by atoms with Gasteiger partial charge in [-0.05, 0) is 20.5 Å². The number of aryl methyl sites for hydroxylation is 1. The number of hydrogen-bond donors (Lipinski definition) is 3. The fourth-order valence-corrected chi connectivity index (χ4v) is 9.56. The van der Waals surface area contributed by atoms with Crippen LogP contribution in [0.1, 0.15) is 39.0 Å². The van der Waals surface area contributed by atoms with Crippen molar-refractivity contribution in [3.05, 3.63) is 100 Å². The second-order valence-corrected chi connectivity index (χ2v) is 20.5. The molecule has 494 valence electrons. The predicted octanol–water partition coefficient (Wildman–Crippen LogP) is 9.04. The smallest absolute Gasteiger partial charge is 0.389 e. The zero-order valence-corrected chi connectivity index (χ0v) is 46.4. The number of nitrogens with two attached hydrogens (primary N) is 1. The highest BCUT2D eigenvalue weighted by molar-refractivity contribution is 7.17. The minimum Gasteiger partial charge on any atom is -0.389 e. The van der Waals surface area contributed by atoms with E-state index in [1.54, 1.807) is 14.0 Å². The van der Waals surface area contributed by atoms with Crippen LogP contribution in [0.15, 0.2) is 51.6 Å². The normalized spacial score (nSPS) is 13.2. The summed E-state index contributed by atoms with van der Waals surface area (Å²) in [6, 6.07) is 0. The molecule has 9 aromatic heterocycles. The van der Waals surface area contributed by atoms with E-state index in [1.807, 2.05) is 0 Å². The Bertz CT molecular complexity index is 4020. The Labute approximate surface area is 491 Å². The fraction of sp³-hybridized carbons (Fsp3) is 0.429. The highest BCUT2D eigenvalue weighted by Crippen LogP contribution is 2.42. The van der Waals surface area contributed by atoms with Crippen molar-refractivity contribution in [2.24, 2.45) is 5.73 Å². The Morgan fingerprint density at radius 3 is 0.978 bits per heavy atom. The van der Waals surface area contributed by atoms with Gasteiger partial charge in [0.05, 0.1) is 41.9 Å². The van der Waals surface area contributed by atoms with E-state index in [2.05, 4.69) is 56.6 Å². The van der Waals surface area contributed by atoms with Crippen LogP contribution in [0.3, 0.4) is 0 Å². The fourth-order valence-electron chi connectivity index (χ4n) is 7.10. The maximum atomic E-state index is 13.5. The van der Waals surface area contributed by atoms with Crippen molar-refractivity contribution in [3.63, 3.8) is 0 Å². The van der Waals surface area contributed by atoms with Crippen molar-refractivity contribution < 1.29 is 110 Å². The van der Waals surface area contributed by atoms with Crippen LogP contribution in [0.5, 0.6) is 0 Å². The van der Waals surface area contributed by atoms with E-state index in [9.17, 15) is 120 Å². The third-order valence-corrected chi connectivity index (χ3v) is 13.9. The van der Waals surface area contributed by atoms with Crippen molar-refractivity contribution in [2.75, 3.05) is 14.1 Å². The molecule has 0 saturated carbocycles. The van der Waals surface area contributed by atoms with Gasteiger partial charge in [0.25, 0.3) is 16.7 Å². The van der Waals surface area contributed by atoms with Crippen molar-refractivity contribution in [1.82, 2.24) is 78.5 Å². The molecular formula is C42H31F24N17O4S3. The van der Waals surface area contributed by atoms with Crippen LogP contribution in [0.2, 0.25) is 0 Å². The molecule has 0 aromatic carbocycles. The zero-order valence-electron chi connectivity index (χ0n) is 44.0. The summed E-state index contributed by atoms with van der Waals surface area (Å²) in [7, 11) is 3.04.